The van der Waals surface area contributed by atoms with Gasteiger partial charge in [-0.05, 0) is 42.9 Å². The van der Waals surface area contributed by atoms with E-state index in [0.29, 0.717) is 10.6 Å². The van der Waals surface area contributed by atoms with Gasteiger partial charge in [-0.15, -0.1) is 0 Å². The number of phenolic OH excluding ortho intramolecular Hbond substituents is 1. The van der Waals surface area contributed by atoms with E-state index in [2.05, 4.69) is 15.9 Å². The SMILES string of the molecule is Oc1ccc(CC2CCCCC(Br)C2)cc1. The smallest absolute Gasteiger partial charge is 0.115 e. The van der Waals surface area contributed by atoms with Crippen LogP contribution in [0.15, 0.2) is 24.3 Å². The van der Waals surface area contributed by atoms with Crippen LogP contribution in [0.1, 0.15) is 37.7 Å². The summed E-state index contributed by atoms with van der Waals surface area (Å²) in [4.78, 5) is 0.706. The molecule has 1 aromatic rings. The zero-order valence-electron chi connectivity index (χ0n) is 9.53. The van der Waals surface area contributed by atoms with Gasteiger partial charge in [0.2, 0.25) is 0 Å². The Morgan fingerprint density at radius 2 is 1.81 bits per heavy atom. The van der Waals surface area contributed by atoms with Crippen LogP contribution < -0.4 is 0 Å². The highest BCUT2D eigenvalue weighted by molar-refractivity contribution is 9.09. The van der Waals surface area contributed by atoms with Crippen LogP contribution in [0.3, 0.4) is 0 Å². The Bertz CT molecular complexity index is 320. The normalized spacial score (nSPS) is 26.3. The largest absolute Gasteiger partial charge is 0.508 e. The molecule has 1 fully saturated rings. The fourth-order valence-corrected chi connectivity index (χ4v) is 3.40. The van der Waals surface area contributed by atoms with Gasteiger partial charge in [0, 0.05) is 4.83 Å². The van der Waals surface area contributed by atoms with Gasteiger partial charge >= 0.3 is 0 Å². The second-order valence-corrected chi connectivity index (χ2v) is 6.15. The average molecular weight is 283 g/mol. The Kier molecular flexibility index (Phi) is 4.28. The van der Waals surface area contributed by atoms with Gasteiger partial charge in [0.1, 0.15) is 5.75 Å². The molecular formula is C14H19BrO. The molecule has 1 aliphatic rings. The zero-order chi connectivity index (χ0) is 11.4. The van der Waals surface area contributed by atoms with Crippen molar-refractivity contribution < 1.29 is 5.11 Å². The van der Waals surface area contributed by atoms with Crippen LogP contribution in [0.2, 0.25) is 0 Å². The molecule has 0 amide bonds. The van der Waals surface area contributed by atoms with E-state index in [4.69, 9.17) is 0 Å². The molecule has 0 aliphatic heterocycles. The van der Waals surface area contributed by atoms with E-state index in [1.54, 1.807) is 12.1 Å². The van der Waals surface area contributed by atoms with E-state index in [1.165, 1.54) is 37.7 Å². The Labute approximate surface area is 106 Å². The van der Waals surface area contributed by atoms with Gasteiger partial charge in [0.25, 0.3) is 0 Å². The molecule has 0 heterocycles. The quantitative estimate of drug-likeness (QED) is 0.634. The number of alkyl halides is 1. The van der Waals surface area contributed by atoms with Gasteiger partial charge in [-0.25, -0.2) is 0 Å². The number of phenols is 1. The van der Waals surface area contributed by atoms with Crippen molar-refractivity contribution in [2.75, 3.05) is 0 Å². The predicted octanol–water partition coefficient (Wildman–Crippen LogP) is 4.28. The van der Waals surface area contributed by atoms with Gasteiger partial charge in [0.15, 0.2) is 0 Å². The molecule has 2 heteroatoms. The third-order valence-corrected chi connectivity index (χ3v) is 4.26. The second kappa shape index (κ2) is 5.72. The summed E-state index contributed by atoms with van der Waals surface area (Å²) in [5.41, 5.74) is 1.35. The molecule has 2 rings (SSSR count). The third-order valence-electron chi connectivity index (χ3n) is 3.43. The first kappa shape index (κ1) is 12.0. The lowest BCUT2D eigenvalue weighted by Gasteiger charge is -2.16. The molecule has 1 aromatic carbocycles. The number of hydrogen-bond donors (Lipinski definition) is 1. The maximum atomic E-state index is 9.24. The van der Waals surface area contributed by atoms with E-state index >= 15 is 0 Å². The fraction of sp³-hybridized carbons (Fsp3) is 0.571. The first-order chi connectivity index (χ1) is 7.74. The molecule has 88 valence electrons. The van der Waals surface area contributed by atoms with Crippen molar-refractivity contribution in [2.45, 2.75) is 43.4 Å². The summed E-state index contributed by atoms with van der Waals surface area (Å²) in [5, 5.41) is 9.24. The topological polar surface area (TPSA) is 20.2 Å². The Morgan fingerprint density at radius 3 is 2.56 bits per heavy atom. The average Bonchev–Trinajstić information content (AvgIpc) is 2.46. The van der Waals surface area contributed by atoms with Gasteiger partial charge in [0.05, 0.1) is 0 Å². The summed E-state index contributed by atoms with van der Waals surface area (Å²) in [6.07, 6.45) is 7.85. The third kappa shape index (κ3) is 3.51. The van der Waals surface area contributed by atoms with Crippen LogP contribution in [0.4, 0.5) is 0 Å². The van der Waals surface area contributed by atoms with Crippen molar-refractivity contribution >= 4 is 15.9 Å². The minimum absolute atomic E-state index is 0.364. The van der Waals surface area contributed by atoms with E-state index in [-0.39, 0.29) is 0 Å². The standard InChI is InChI=1S/C14H19BrO/c15-13-4-2-1-3-12(10-13)9-11-5-7-14(16)8-6-11/h5-8,12-13,16H,1-4,9-10H2. The molecule has 2 unspecified atom stereocenters. The highest BCUT2D eigenvalue weighted by Gasteiger charge is 2.18. The summed E-state index contributed by atoms with van der Waals surface area (Å²) in [6.45, 7) is 0. The van der Waals surface area contributed by atoms with Crippen molar-refractivity contribution in [1.82, 2.24) is 0 Å². The lowest BCUT2D eigenvalue weighted by molar-refractivity contribution is 0.460. The van der Waals surface area contributed by atoms with Crippen molar-refractivity contribution in [3.8, 4) is 5.75 Å². The summed E-state index contributed by atoms with van der Waals surface area (Å²) in [7, 11) is 0. The molecule has 1 N–H and O–H groups in total. The minimum atomic E-state index is 0.364. The summed E-state index contributed by atoms with van der Waals surface area (Å²) in [6, 6.07) is 7.67. The molecule has 0 spiro atoms. The monoisotopic (exact) mass is 282 g/mol. The molecule has 1 aliphatic carbocycles. The van der Waals surface area contributed by atoms with Gasteiger partial charge < -0.3 is 5.11 Å². The van der Waals surface area contributed by atoms with Crippen LogP contribution in [0.25, 0.3) is 0 Å². The first-order valence-electron chi connectivity index (χ1n) is 6.16. The lowest BCUT2D eigenvalue weighted by atomic mass is 9.92. The van der Waals surface area contributed by atoms with Gasteiger partial charge in [-0.2, -0.15) is 0 Å². The van der Waals surface area contributed by atoms with Gasteiger partial charge in [-0.3, -0.25) is 0 Å². The second-order valence-electron chi connectivity index (χ2n) is 4.85. The number of rotatable bonds is 2. The molecular weight excluding hydrogens is 264 g/mol. The molecule has 1 nitrogen and oxygen atoms in total. The Hall–Kier alpha value is -0.500. The van der Waals surface area contributed by atoms with Crippen LogP contribution in [0, 0.1) is 5.92 Å². The van der Waals surface area contributed by atoms with E-state index in [9.17, 15) is 5.11 Å². The fourth-order valence-electron chi connectivity index (χ4n) is 2.55. The van der Waals surface area contributed by atoms with Crippen LogP contribution in [-0.4, -0.2) is 9.93 Å². The van der Waals surface area contributed by atoms with E-state index in [1.807, 2.05) is 12.1 Å². The molecule has 0 radical (unpaired) electrons. The first-order valence-corrected chi connectivity index (χ1v) is 7.07. The highest BCUT2D eigenvalue weighted by atomic mass is 79.9. The number of hydrogen-bond acceptors (Lipinski definition) is 1. The summed E-state index contributed by atoms with van der Waals surface area (Å²) < 4.78 is 0. The zero-order valence-corrected chi connectivity index (χ0v) is 11.1. The van der Waals surface area contributed by atoms with E-state index in [0.717, 1.165) is 12.3 Å². The maximum absolute atomic E-state index is 9.24. The van der Waals surface area contributed by atoms with Crippen molar-refractivity contribution in [3.05, 3.63) is 29.8 Å². The number of halogens is 1. The van der Waals surface area contributed by atoms with Crippen LogP contribution in [0.5, 0.6) is 5.75 Å². The van der Waals surface area contributed by atoms with Crippen LogP contribution in [-0.2, 0) is 6.42 Å². The Balaban J connectivity index is 1.95. The number of benzene rings is 1. The molecule has 16 heavy (non-hydrogen) atoms. The Morgan fingerprint density at radius 1 is 1.12 bits per heavy atom. The molecule has 2 atom stereocenters. The molecule has 0 bridgehead atoms. The van der Waals surface area contributed by atoms with Crippen molar-refractivity contribution in [2.24, 2.45) is 5.92 Å². The molecule has 1 saturated carbocycles. The van der Waals surface area contributed by atoms with Crippen molar-refractivity contribution in [3.63, 3.8) is 0 Å². The maximum Gasteiger partial charge on any atom is 0.115 e. The van der Waals surface area contributed by atoms with Crippen LogP contribution >= 0.6 is 15.9 Å². The number of aromatic hydroxyl groups is 1. The van der Waals surface area contributed by atoms with E-state index < -0.39 is 0 Å². The predicted molar refractivity (Wildman–Crippen MR) is 71.1 cm³/mol. The minimum Gasteiger partial charge on any atom is -0.508 e. The molecule has 0 aromatic heterocycles. The van der Waals surface area contributed by atoms with Crippen molar-refractivity contribution in [1.29, 1.82) is 0 Å². The summed E-state index contributed by atoms with van der Waals surface area (Å²) >= 11 is 3.76. The molecule has 0 saturated heterocycles. The summed E-state index contributed by atoms with van der Waals surface area (Å²) in [5.74, 6) is 1.17. The highest BCUT2D eigenvalue weighted by Crippen LogP contribution is 2.30. The van der Waals surface area contributed by atoms with Gasteiger partial charge in [-0.1, -0.05) is 47.3 Å². The lowest BCUT2D eigenvalue weighted by Crippen LogP contribution is -2.08.